The van der Waals surface area contributed by atoms with Crippen molar-refractivity contribution >= 4 is 0 Å². The molecule has 16 heavy (non-hydrogen) atoms. The number of ether oxygens (including phenoxy) is 2. The average Bonchev–Trinajstić information content (AvgIpc) is 2.51. The number of hydrogen-bond donors (Lipinski definition) is 1. The molecule has 1 aromatic carbocycles. The van der Waals surface area contributed by atoms with Gasteiger partial charge in [-0.2, -0.15) is 0 Å². The average molecular weight is 229 g/mol. The zero-order valence-electron chi connectivity index (χ0n) is 8.87. The molecule has 0 aromatic heterocycles. The molecular weight excluding hydrogens is 216 g/mol. The van der Waals surface area contributed by atoms with E-state index < -0.39 is 6.29 Å². The Bertz CT molecular complexity index is 396. The lowest BCUT2D eigenvalue weighted by Crippen LogP contribution is -2.25. The summed E-state index contributed by atoms with van der Waals surface area (Å²) in [6.07, 6.45) is -2.07. The second kappa shape index (κ2) is 3.90. The zero-order chi connectivity index (χ0) is 11.8. The fourth-order valence-electron chi connectivity index (χ4n) is 1.57. The van der Waals surface area contributed by atoms with Crippen molar-refractivity contribution in [2.45, 2.75) is 32.1 Å². The van der Waals surface area contributed by atoms with Crippen LogP contribution in [0.1, 0.15) is 18.9 Å². The smallest absolute Gasteiger partial charge is 0.395 e. The summed E-state index contributed by atoms with van der Waals surface area (Å²) in [6, 6.07) is 4.78. The molecule has 0 amide bonds. The van der Waals surface area contributed by atoms with Crippen LogP contribution < -0.4 is 15.2 Å². The Balaban J connectivity index is 2.16. The van der Waals surface area contributed by atoms with E-state index in [0.717, 1.165) is 12.0 Å². The molecule has 1 unspecified atom stereocenters. The molecule has 1 aromatic rings. The van der Waals surface area contributed by atoms with Gasteiger partial charge in [-0.25, -0.2) is 0 Å². The van der Waals surface area contributed by atoms with E-state index in [1.807, 2.05) is 6.92 Å². The molecule has 3 nitrogen and oxygen atoms in total. The van der Waals surface area contributed by atoms with Crippen LogP contribution in [0.3, 0.4) is 0 Å². The lowest BCUT2D eigenvalue weighted by atomic mass is 10.0. The quantitative estimate of drug-likeness (QED) is 0.864. The van der Waals surface area contributed by atoms with Crippen LogP contribution in [-0.4, -0.2) is 12.3 Å². The summed E-state index contributed by atoms with van der Waals surface area (Å²) in [7, 11) is 0. The Hall–Kier alpha value is -1.36. The van der Waals surface area contributed by atoms with Crippen LogP contribution in [0, 0.1) is 0 Å². The first-order valence-corrected chi connectivity index (χ1v) is 5.14. The van der Waals surface area contributed by atoms with Gasteiger partial charge in [0.15, 0.2) is 11.5 Å². The van der Waals surface area contributed by atoms with E-state index in [4.69, 9.17) is 5.73 Å². The highest BCUT2D eigenvalue weighted by molar-refractivity contribution is 5.45. The summed E-state index contributed by atoms with van der Waals surface area (Å²) in [6.45, 7) is 1.98. The monoisotopic (exact) mass is 229 g/mol. The summed E-state index contributed by atoms with van der Waals surface area (Å²) >= 11 is 0. The second-order valence-corrected chi connectivity index (χ2v) is 3.82. The topological polar surface area (TPSA) is 44.5 Å². The van der Waals surface area contributed by atoms with E-state index in [9.17, 15) is 8.78 Å². The molecule has 0 fully saturated rings. The summed E-state index contributed by atoms with van der Waals surface area (Å²) in [5.74, 6) is 0.143. The van der Waals surface area contributed by atoms with Crippen molar-refractivity contribution in [1.29, 1.82) is 0 Å². The lowest BCUT2D eigenvalue weighted by Gasteiger charge is -2.08. The van der Waals surface area contributed by atoms with Crippen LogP contribution >= 0.6 is 0 Å². The number of benzene rings is 1. The molecule has 1 aliphatic heterocycles. The van der Waals surface area contributed by atoms with Crippen molar-refractivity contribution in [2.75, 3.05) is 0 Å². The summed E-state index contributed by atoms with van der Waals surface area (Å²) in [4.78, 5) is 0. The maximum atomic E-state index is 12.7. The minimum Gasteiger partial charge on any atom is -0.395 e. The van der Waals surface area contributed by atoms with E-state index in [0.29, 0.717) is 6.42 Å². The summed E-state index contributed by atoms with van der Waals surface area (Å²) in [5, 5.41) is 0. The van der Waals surface area contributed by atoms with Crippen LogP contribution in [0.25, 0.3) is 0 Å². The Morgan fingerprint density at radius 3 is 2.69 bits per heavy atom. The Morgan fingerprint density at radius 2 is 2.00 bits per heavy atom. The zero-order valence-corrected chi connectivity index (χ0v) is 8.87. The third-order valence-corrected chi connectivity index (χ3v) is 2.49. The Kier molecular flexibility index (Phi) is 2.71. The number of nitrogens with two attached hydrogens (primary N) is 1. The van der Waals surface area contributed by atoms with Gasteiger partial charge in [-0.05, 0) is 30.5 Å². The fraction of sp³-hybridized carbons (Fsp3) is 0.455. The van der Waals surface area contributed by atoms with Crippen molar-refractivity contribution in [1.82, 2.24) is 0 Å². The molecule has 1 atom stereocenters. The largest absolute Gasteiger partial charge is 0.586 e. The third kappa shape index (κ3) is 2.24. The molecule has 0 saturated carbocycles. The molecular formula is C11H13F2NO2. The molecule has 5 heteroatoms. The first kappa shape index (κ1) is 11.1. The van der Waals surface area contributed by atoms with Gasteiger partial charge >= 0.3 is 6.29 Å². The van der Waals surface area contributed by atoms with E-state index in [1.165, 1.54) is 6.07 Å². The van der Waals surface area contributed by atoms with E-state index in [-0.39, 0.29) is 17.5 Å². The highest BCUT2D eigenvalue weighted by Crippen LogP contribution is 2.41. The van der Waals surface area contributed by atoms with Gasteiger partial charge in [-0.15, -0.1) is 8.78 Å². The third-order valence-electron chi connectivity index (χ3n) is 2.49. The summed E-state index contributed by atoms with van der Waals surface area (Å²) in [5.41, 5.74) is 6.65. The Morgan fingerprint density at radius 1 is 1.31 bits per heavy atom. The highest BCUT2D eigenvalue weighted by Gasteiger charge is 2.43. The maximum absolute atomic E-state index is 12.7. The fourth-order valence-corrected chi connectivity index (χ4v) is 1.57. The van der Waals surface area contributed by atoms with Crippen molar-refractivity contribution < 1.29 is 18.3 Å². The lowest BCUT2D eigenvalue weighted by molar-refractivity contribution is -0.286. The van der Waals surface area contributed by atoms with Crippen LogP contribution in [0.15, 0.2) is 18.2 Å². The van der Waals surface area contributed by atoms with Gasteiger partial charge in [0, 0.05) is 6.04 Å². The van der Waals surface area contributed by atoms with Crippen LogP contribution in [0.5, 0.6) is 11.5 Å². The van der Waals surface area contributed by atoms with Gasteiger partial charge in [0.05, 0.1) is 0 Å². The predicted octanol–water partition coefficient (Wildman–Crippen LogP) is 2.29. The molecule has 0 saturated heterocycles. The van der Waals surface area contributed by atoms with Crippen molar-refractivity contribution in [3.63, 3.8) is 0 Å². The summed E-state index contributed by atoms with van der Waals surface area (Å²) < 4.78 is 34.1. The van der Waals surface area contributed by atoms with Crippen LogP contribution in [-0.2, 0) is 6.42 Å². The van der Waals surface area contributed by atoms with Gasteiger partial charge in [0.1, 0.15) is 0 Å². The standard InChI is InChI=1S/C11H13F2NO2/c1-2-8(14)5-7-3-4-9-10(6-7)16-11(12,13)15-9/h3-4,6,8H,2,5,14H2,1H3. The second-order valence-electron chi connectivity index (χ2n) is 3.82. The minimum atomic E-state index is -3.55. The molecule has 1 aliphatic rings. The molecule has 1 heterocycles. The highest BCUT2D eigenvalue weighted by atomic mass is 19.3. The molecule has 0 radical (unpaired) electrons. The minimum absolute atomic E-state index is 0.0286. The first-order valence-electron chi connectivity index (χ1n) is 5.14. The van der Waals surface area contributed by atoms with E-state index in [2.05, 4.69) is 9.47 Å². The van der Waals surface area contributed by atoms with Crippen LogP contribution in [0.4, 0.5) is 8.78 Å². The molecule has 0 spiro atoms. The van der Waals surface area contributed by atoms with Gasteiger partial charge < -0.3 is 15.2 Å². The van der Waals surface area contributed by atoms with E-state index in [1.54, 1.807) is 12.1 Å². The Labute approximate surface area is 92.1 Å². The van der Waals surface area contributed by atoms with Crippen molar-refractivity contribution in [3.05, 3.63) is 23.8 Å². The first-order chi connectivity index (χ1) is 7.50. The predicted molar refractivity (Wildman–Crippen MR) is 54.6 cm³/mol. The molecule has 0 bridgehead atoms. The molecule has 0 aliphatic carbocycles. The van der Waals surface area contributed by atoms with Gasteiger partial charge in [0.2, 0.25) is 0 Å². The molecule has 2 N–H and O–H groups in total. The van der Waals surface area contributed by atoms with Crippen molar-refractivity contribution in [3.8, 4) is 11.5 Å². The normalized spacial score (nSPS) is 18.5. The number of alkyl halides is 2. The van der Waals surface area contributed by atoms with Gasteiger partial charge in [-0.3, -0.25) is 0 Å². The van der Waals surface area contributed by atoms with E-state index >= 15 is 0 Å². The van der Waals surface area contributed by atoms with Gasteiger partial charge in [-0.1, -0.05) is 13.0 Å². The van der Waals surface area contributed by atoms with Crippen LogP contribution in [0.2, 0.25) is 0 Å². The molecule has 88 valence electrons. The number of halogens is 2. The SMILES string of the molecule is CCC(N)Cc1ccc2c(c1)OC(F)(F)O2. The van der Waals surface area contributed by atoms with Crippen molar-refractivity contribution in [2.24, 2.45) is 5.73 Å². The number of rotatable bonds is 3. The van der Waals surface area contributed by atoms with Gasteiger partial charge in [0.25, 0.3) is 0 Å². The number of fused-ring (bicyclic) bond motifs is 1. The maximum Gasteiger partial charge on any atom is 0.586 e. The number of hydrogen-bond acceptors (Lipinski definition) is 3. The molecule has 2 rings (SSSR count).